The molecule has 2 aliphatic rings. The minimum Gasteiger partial charge on any atom is -0.368 e. The summed E-state index contributed by atoms with van der Waals surface area (Å²) in [6.45, 7) is 6.13. The molecule has 2 unspecified atom stereocenters. The number of hydrogen-bond acceptors (Lipinski definition) is 3. The van der Waals surface area contributed by atoms with Gasteiger partial charge in [0, 0.05) is 26.2 Å². The Hall–Kier alpha value is -0.610. The first-order valence-electron chi connectivity index (χ1n) is 7.94. The highest BCUT2D eigenvalue weighted by molar-refractivity contribution is 5.84. The van der Waals surface area contributed by atoms with Crippen LogP contribution in [0.4, 0.5) is 0 Å². The quantitative estimate of drug-likeness (QED) is 0.759. The summed E-state index contributed by atoms with van der Waals surface area (Å²) in [5.74, 6) is 0.709. The van der Waals surface area contributed by atoms with E-state index in [1.165, 1.54) is 25.7 Å². The summed E-state index contributed by atoms with van der Waals surface area (Å²) in [5, 5.41) is 3.36. The standard InChI is InChI=1S/C15H29N3O/c1-2-4-13-5-3-7-15(8-6-13,14(16)19)18-11-9-17-10-12-18/h13,17H,2-12H2,1H3,(H2,16,19). The van der Waals surface area contributed by atoms with Gasteiger partial charge in [0.2, 0.25) is 5.91 Å². The maximum absolute atomic E-state index is 12.2. The second-order valence-electron chi connectivity index (χ2n) is 6.22. The molecule has 0 bridgehead atoms. The highest BCUT2D eigenvalue weighted by atomic mass is 16.1. The van der Waals surface area contributed by atoms with E-state index in [-0.39, 0.29) is 11.4 Å². The minimum atomic E-state index is -0.357. The van der Waals surface area contributed by atoms with E-state index in [1.807, 2.05) is 0 Å². The number of piperazine rings is 1. The number of nitrogens with zero attached hydrogens (tertiary/aromatic N) is 1. The summed E-state index contributed by atoms with van der Waals surface area (Å²) >= 11 is 0. The largest absolute Gasteiger partial charge is 0.368 e. The van der Waals surface area contributed by atoms with Crippen LogP contribution in [0.3, 0.4) is 0 Å². The summed E-state index contributed by atoms with van der Waals surface area (Å²) in [6.07, 6.45) is 8.07. The number of amides is 1. The van der Waals surface area contributed by atoms with Gasteiger partial charge in [0.05, 0.1) is 0 Å². The van der Waals surface area contributed by atoms with Gasteiger partial charge >= 0.3 is 0 Å². The van der Waals surface area contributed by atoms with Gasteiger partial charge in [-0.1, -0.05) is 32.6 Å². The Morgan fingerprint density at radius 3 is 2.68 bits per heavy atom. The van der Waals surface area contributed by atoms with Gasteiger partial charge in [-0.15, -0.1) is 0 Å². The van der Waals surface area contributed by atoms with Gasteiger partial charge in [-0.25, -0.2) is 0 Å². The molecule has 0 aromatic heterocycles. The van der Waals surface area contributed by atoms with E-state index >= 15 is 0 Å². The molecule has 0 spiro atoms. The Labute approximate surface area is 117 Å². The van der Waals surface area contributed by atoms with E-state index in [2.05, 4.69) is 17.1 Å². The van der Waals surface area contributed by atoms with Gasteiger partial charge in [0.1, 0.15) is 5.54 Å². The smallest absolute Gasteiger partial charge is 0.237 e. The Morgan fingerprint density at radius 1 is 1.32 bits per heavy atom. The lowest BCUT2D eigenvalue weighted by Crippen LogP contribution is -2.62. The molecule has 2 rings (SSSR count). The van der Waals surface area contributed by atoms with Gasteiger partial charge in [-0.05, 0) is 25.2 Å². The summed E-state index contributed by atoms with van der Waals surface area (Å²) < 4.78 is 0. The van der Waals surface area contributed by atoms with Crippen molar-refractivity contribution in [3.8, 4) is 0 Å². The maximum atomic E-state index is 12.2. The molecule has 4 heteroatoms. The van der Waals surface area contributed by atoms with E-state index in [4.69, 9.17) is 5.73 Å². The molecule has 1 amide bonds. The fourth-order valence-electron chi connectivity index (χ4n) is 3.90. The lowest BCUT2D eigenvalue weighted by atomic mass is 9.86. The third kappa shape index (κ3) is 3.29. The molecule has 0 aromatic carbocycles. The van der Waals surface area contributed by atoms with Gasteiger partial charge in [0.15, 0.2) is 0 Å². The van der Waals surface area contributed by atoms with Crippen LogP contribution >= 0.6 is 0 Å². The van der Waals surface area contributed by atoms with E-state index in [0.29, 0.717) is 0 Å². The molecule has 0 radical (unpaired) electrons. The maximum Gasteiger partial charge on any atom is 0.237 e. The number of carbonyl (C=O) groups excluding carboxylic acids is 1. The van der Waals surface area contributed by atoms with Crippen molar-refractivity contribution in [1.82, 2.24) is 10.2 Å². The van der Waals surface area contributed by atoms with Crippen molar-refractivity contribution in [3.63, 3.8) is 0 Å². The molecule has 2 fully saturated rings. The van der Waals surface area contributed by atoms with Gasteiger partial charge in [-0.2, -0.15) is 0 Å². The van der Waals surface area contributed by atoms with Crippen LogP contribution in [-0.2, 0) is 4.79 Å². The van der Waals surface area contributed by atoms with Crippen LogP contribution in [0.15, 0.2) is 0 Å². The lowest BCUT2D eigenvalue weighted by Gasteiger charge is -2.43. The van der Waals surface area contributed by atoms with E-state index in [1.54, 1.807) is 0 Å². The predicted molar refractivity (Wildman–Crippen MR) is 77.9 cm³/mol. The average Bonchev–Trinajstić information content (AvgIpc) is 2.64. The fourth-order valence-corrected chi connectivity index (χ4v) is 3.90. The number of carbonyl (C=O) groups is 1. The molecule has 110 valence electrons. The van der Waals surface area contributed by atoms with Crippen molar-refractivity contribution in [2.24, 2.45) is 11.7 Å². The molecule has 4 nitrogen and oxygen atoms in total. The van der Waals surface area contributed by atoms with Crippen LogP contribution in [-0.4, -0.2) is 42.5 Å². The highest BCUT2D eigenvalue weighted by Crippen LogP contribution is 2.36. The van der Waals surface area contributed by atoms with Gasteiger partial charge in [-0.3, -0.25) is 9.69 Å². The highest BCUT2D eigenvalue weighted by Gasteiger charge is 2.43. The Balaban J connectivity index is 2.08. The first kappa shape index (κ1) is 14.8. The third-order valence-electron chi connectivity index (χ3n) is 5.05. The van der Waals surface area contributed by atoms with E-state index < -0.39 is 0 Å². The average molecular weight is 267 g/mol. The summed E-state index contributed by atoms with van der Waals surface area (Å²) in [6, 6.07) is 0. The molecule has 1 aliphatic carbocycles. The Bertz CT molecular complexity index is 302. The number of rotatable bonds is 4. The zero-order valence-electron chi connectivity index (χ0n) is 12.3. The normalized spacial score (nSPS) is 33.8. The molecule has 1 saturated heterocycles. The van der Waals surface area contributed by atoms with Gasteiger partial charge in [0.25, 0.3) is 0 Å². The van der Waals surface area contributed by atoms with Crippen LogP contribution in [0.2, 0.25) is 0 Å². The van der Waals surface area contributed by atoms with Crippen LogP contribution in [0.5, 0.6) is 0 Å². The van der Waals surface area contributed by atoms with E-state index in [9.17, 15) is 4.79 Å². The molecule has 1 aliphatic heterocycles. The van der Waals surface area contributed by atoms with Gasteiger partial charge < -0.3 is 11.1 Å². The van der Waals surface area contributed by atoms with Crippen molar-refractivity contribution in [2.75, 3.05) is 26.2 Å². The molecular weight excluding hydrogens is 238 g/mol. The summed E-state index contributed by atoms with van der Waals surface area (Å²) in [4.78, 5) is 14.5. The number of nitrogens with one attached hydrogen (secondary N) is 1. The number of primary amides is 1. The molecule has 2 atom stereocenters. The first-order chi connectivity index (χ1) is 9.19. The SMILES string of the molecule is CCCC1CCCC(C(N)=O)(N2CCNCC2)CC1. The van der Waals surface area contributed by atoms with E-state index in [0.717, 1.165) is 51.4 Å². The van der Waals surface area contributed by atoms with Crippen molar-refractivity contribution in [2.45, 2.75) is 57.4 Å². The van der Waals surface area contributed by atoms with Crippen molar-refractivity contribution in [3.05, 3.63) is 0 Å². The van der Waals surface area contributed by atoms with Crippen LogP contribution in [0, 0.1) is 5.92 Å². The van der Waals surface area contributed by atoms with Crippen LogP contribution in [0.1, 0.15) is 51.9 Å². The monoisotopic (exact) mass is 267 g/mol. The van der Waals surface area contributed by atoms with Crippen molar-refractivity contribution in [1.29, 1.82) is 0 Å². The molecule has 19 heavy (non-hydrogen) atoms. The van der Waals surface area contributed by atoms with Crippen LogP contribution < -0.4 is 11.1 Å². The second-order valence-corrected chi connectivity index (χ2v) is 6.22. The second kappa shape index (κ2) is 6.71. The molecular formula is C15H29N3O. The molecule has 3 N–H and O–H groups in total. The third-order valence-corrected chi connectivity index (χ3v) is 5.05. The number of hydrogen-bond donors (Lipinski definition) is 2. The molecule has 1 heterocycles. The van der Waals surface area contributed by atoms with Crippen molar-refractivity contribution >= 4 is 5.91 Å². The molecule has 0 aromatic rings. The molecule has 1 saturated carbocycles. The van der Waals surface area contributed by atoms with Crippen molar-refractivity contribution < 1.29 is 4.79 Å². The zero-order chi connectivity index (χ0) is 13.7. The first-order valence-corrected chi connectivity index (χ1v) is 7.94. The minimum absolute atomic E-state index is 0.0912. The Kier molecular flexibility index (Phi) is 5.22. The number of nitrogens with two attached hydrogens (primary N) is 1. The van der Waals surface area contributed by atoms with Crippen LogP contribution in [0.25, 0.3) is 0 Å². The Morgan fingerprint density at radius 2 is 2.05 bits per heavy atom. The lowest BCUT2D eigenvalue weighted by molar-refractivity contribution is -0.132. The predicted octanol–water partition coefficient (Wildman–Crippen LogP) is 1.50. The topological polar surface area (TPSA) is 58.4 Å². The summed E-state index contributed by atoms with van der Waals surface area (Å²) in [5.41, 5.74) is 5.46. The summed E-state index contributed by atoms with van der Waals surface area (Å²) in [7, 11) is 0. The fraction of sp³-hybridized carbons (Fsp3) is 0.933. The zero-order valence-corrected chi connectivity index (χ0v) is 12.3.